The fraction of sp³-hybridized carbons (Fsp3) is 0.400. The summed E-state index contributed by atoms with van der Waals surface area (Å²) in [4.78, 5) is 4.46. The molecular formula is C15H20N2. The molecule has 0 radical (unpaired) electrons. The lowest BCUT2D eigenvalue weighted by Crippen LogP contribution is -1.99. The van der Waals surface area contributed by atoms with Crippen molar-refractivity contribution in [3.05, 3.63) is 41.1 Å². The predicted molar refractivity (Wildman–Crippen MR) is 73.2 cm³/mol. The summed E-state index contributed by atoms with van der Waals surface area (Å²) >= 11 is 0. The van der Waals surface area contributed by atoms with E-state index in [-0.39, 0.29) is 0 Å². The minimum Gasteiger partial charge on any atom is -0.330 e. The number of fused-ring (bicyclic) bond motifs is 1. The molecule has 0 saturated carbocycles. The highest BCUT2D eigenvalue weighted by molar-refractivity contribution is 5.85. The van der Waals surface area contributed by atoms with Crippen LogP contribution in [-0.4, -0.2) is 11.5 Å². The Morgan fingerprint density at radius 3 is 2.71 bits per heavy atom. The summed E-state index contributed by atoms with van der Waals surface area (Å²) in [7, 11) is 0. The number of hydrogen-bond acceptors (Lipinski definition) is 2. The third kappa shape index (κ3) is 2.64. The Morgan fingerprint density at radius 2 is 1.94 bits per heavy atom. The maximum Gasteiger partial charge on any atom is 0.0733 e. The average molecular weight is 228 g/mol. The topological polar surface area (TPSA) is 38.9 Å². The summed E-state index contributed by atoms with van der Waals surface area (Å²) in [6, 6.07) is 6.61. The molecule has 2 nitrogen and oxygen atoms in total. The van der Waals surface area contributed by atoms with E-state index in [4.69, 9.17) is 5.73 Å². The standard InChI is InChI=1S/C15H20N2/c1-11-6-8-17-15-12(2)9-13(10-14(11)15)5-3-4-7-16/h6,8-10H,3-5,7,16H2,1-2H3. The van der Waals surface area contributed by atoms with Gasteiger partial charge in [-0.2, -0.15) is 0 Å². The molecule has 0 fully saturated rings. The zero-order valence-electron chi connectivity index (χ0n) is 10.7. The molecule has 2 rings (SSSR count). The lowest BCUT2D eigenvalue weighted by molar-refractivity contribution is 0.745. The minimum absolute atomic E-state index is 0.785. The fourth-order valence-corrected chi connectivity index (χ4v) is 2.26. The number of unbranched alkanes of at least 4 members (excludes halogenated alkanes) is 1. The van der Waals surface area contributed by atoms with Crippen LogP contribution in [0.25, 0.3) is 10.9 Å². The Balaban J connectivity index is 2.36. The van der Waals surface area contributed by atoms with E-state index in [9.17, 15) is 0 Å². The average Bonchev–Trinajstić information content (AvgIpc) is 2.31. The van der Waals surface area contributed by atoms with Crippen LogP contribution in [0.5, 0.6) is 0 Å². The largest absolute Gasteiger partial charge is 0.330 e. The fourth-order valence-electron chi connectivity index (χ4n) is 2.26. The summed E-state index contributed by atoms with van der Waals surface area (Å²) in [5, 5.41) is 1.29. The molecule has 0 unspecified atom stereocenters. The van der Waals surface area contributed by atoms with Gasteiger partial charge in [0.15, 0.2) is 0 Å². The molecule has 1 aromatic carbocycles. The van der Waals surface area contributed by atoms with E-state index < -0.39 is 0 Å². The van der Waals surface area contributed by atoms with Gasteiger partial charge in [0.2, 0.25) is 0 Å². The van der Waals surface area contributed by atoms with Gasteiger partial charge in [-0.05, 0) is 68.5 Å². The van der Waals surface area contributed by atoms with Crippen LogP contribution in [0.4, 0.5) is 0 Å². The van der Waals surface area contributed by atoms with Crippen LogP contribution in [0.3, 0.4) is 0 Å². The summed E-state index contributed by atoms with van der Waals surface area (Å²) in [5.41, 5.74) is 10.6. The van der Waals surface area contributed by atoms with Gasteiger partial charge in [0.25, 0.3) is 0 Å². The van der Waals surface area contributed by atoms with E-state index in [0.29, 0.717) is 0 Å². The number of aromatic nitrogens is 1. The molecule has 0 spiro atoms. The maximum absolute atomic E-state index is 5.53. The number of aryl methyl sites for hydroxylation is 3. The summed E-state index contributed by atoms with van der Waals surface area (Å²) in [6.45, 7) is 5.07. The molecule has 0 saturated heterocycles. The molecule has 0 aliphatic rings. The third-order valence-corrected chi connectivity index (χ3v) is 3.23. The molecule has 0 aliphatic carbocycles. The summed E-state index contributed by atoms with van der Waals surface area (Å²) in [6.07, 6.45) is 5.27. The molecule has 2 heteroatoms. The van der Waals surface area contributed by atoms with E-state index >= 15 is 0 Å². The lowest BCUT2D eigenvalue weighted by atomic mass is 10.00. The molecule has 1 heterocycles. The second kappa shape index (κ2) is 5.28. The Kier molecular flexibility index (Phi) is 3.75. The van der Waals surface area contributed by atoms with Crippen LogP contribution in [0, 0.1) is 13.8 Å². The van der Waals surface area contributed by atoms with Crippen molar-refractivity contribution >= 4 is 10.9 Å². The van der Waals surface area contributed by atoms with E-state index in [1.165, 1.54) is 28.5 Å². The van der Waals surface area contributed by atoms with Crippen LogP contribution < -0.4 is 5.73 Å². The monoisotopic (exact) mass is 228 g/mol. The van der Waals surface area contributed by atoms with Crippen LogP contribution in [-0.2, 0) is 6.42 Å². The van der Waals surface area contributed by atoms with Crippen LogP contribution in [0.2, 0.25) is 0 Å². The molecule has 0 atom stereocenters. The van der Waals surface area contributed by atoms with Gasteiger partial charge in [-0.3, -0.25) is 4.98 Å². The van der Waals surface area contributed by atoms with Gasteiger partial charge >= 0.3 is 0 Å². The van der Waals surface area contributed by atoms with Crippen molar-refractivity contribution in [2.75, 3.05) is 6.54 Å². The quantitative estimate of drug-likeness (QED) is 0.816. The molecule has 0 bridgehead atoms. The molecule has 0 amide bonds. The van der Waals surface area contributed by atoms with Crippen molar-refractivity contribution in [1.29, 1.82) is 0 Å². The molecule has 1 aromatic heterocycles. The van der Waals surface area contributed by atoms with Crippen LogP contribution in [0.15, 0.2) is 24.4 Å². The van der Waals surface area contributed by atoms with Gasteiger partial charge in [0.05, 0.1) is 5.52 Å². The van der Waals surface area contributed by atoms with E-state index in [0.717, 1.165) is 24.9 Å². The van der Waals surface area contributed by atoms with E-state index in [1.807, 2.05) is 6.20 Å². The van der Waals surface area contributed by atoms with Crippen LogP contribution in [0.1, 0.15) is 29.5 Å². The second-order valence-corrected chi connectivity index (χ2v) is 4.68. The Hall–Kier alpha value is -1.41. The molecule has 90 valence electrons. The highest BCUT2D eigenvalue weighted by atomic mass is 14.6. The second-order valence-electron chi connectivity index (χ2n) is 4.68. The first kappa shape index (κ1) is 12.1. The number of nitrogens with two attached hydrogens (primary N) is 1. The molecule has 0 aliphatic heterocycles. The molecular weight excluding hydrogens is 208 g/mol. The van der Waals surface area contributed by atoms with Gasteiger partial charge < -0.3 is 5.73 Å². The van der Waals surface area contributed by atoms with E-state index in [2.05, 4.69) is 37.0 Å². The van der Waals surface area contributed by atoms with Gasteiger partial charge in [0, 0.05) is 11.6 Å². The van der Waals surface area contributed by atoms with Crippen LogP contribution >= 0.6 is 0 Å². The lowest BCUT2D eigenvalue weighted by Gasteiger charge is -2.08. The van der Waals surface area contributed by atoms with E-state index in [1.54, 1.807) is 0 Å². The molecule has 17 heavy (non-hydrogen) atoms. The van der Waals surface area contributed by atoms with Crippen molar-refractivity contribution in [2.45, 2.75) is 33.1 Å². The zero-order chi connectivity index (χ0) is 12.3. The first-order chi connectivity index (χ1) is 8.22. The predicted octanol–water partition coefficient (Wildman–Crippen LogP) is 3.13. The highest BCUT2D eigenvalue weighted by Crippen LogP contribution is 2.22. The van der Waals surface area contributed by atoms with Gasteiger partial charge in [0.1, 0.15) is 0 Å². The molecule has 2 aromatic rings. The van der Waals surface area contributed by atoms with Gasteiger partial charge in [-0.25, -0.2) is 0 Å². The number of benzene rings is 1. The first-order valence-electron chi connectivity index (χ1n) is 6.27. The highest BCUT2D eigenvalue weighted by Gasteiger charge is 2.04. The Bertz CT molecular complexity index is 518. The minimum atomic E-state index is 0.785. The summed E-state index contributed by atoms with van der Waals surface area (Å²) < 4.78 is 0. The molecule has 2 N–H and O–H groups in total. The first-order valence-corrected chi connectivity index (χ1v) is 6.27. The zero-order valence-corrected chi connectivity index (χ0v) is 10.7. The van der Waals surface area contributed by atoms with Gasteiger partial charge in [-0.15, -0.1) is 0 Å². The Morgan fingerprint density at radius 1 is 1.12 bits per heavy atom. The smallest absolute Gasteiger partial charge is 0.0733 e. The van der Waals surface area contributed by atoms with Crippen molar-refractivity contribution in [3.8, 4) is 0 Å². The van der Waals surface area contributed by atoms with Crippen molar-refractivity contribution in [2.24, 2.45) is 5.73 Å². The normalized spacial score (nSPS) is 11.0. The van der Waals surface area contributed by atoms with Crippen molar-refractivity contribution in [3.63, 3.8) is 0 Å². The number of nitrogens with zero attached hydrogens (tertiary/aromatic N) is 1. The summed E-state index contributed by atoms with van der Waals surface area (Å²) in [5.74, 6) is 0. The van der Waals surface area contributed by atoms with Gasteiger partial charge in [-0.1, -0.05) is 6.07 Å². The third-order valence-electron chi connectivity index (χ3n) is 3.23. The van der Waals surface area contributed by atoms with Crippen molar-refractivity contribution in [1.82, 2.24) is 4.98 Å². The maximum atomic E-state index is 5.53. The van der Waals surface area contributed by atoms with Crippen molar-refractivity contribution < 1.29 is 0 Å². The Labute approximate surface area is 103 Å². The number of hydrogen-bond donors (Lipinski definition) is 1. The SMILES string of the molecule is Cc1ccnc2c(C)cc(CCCCN)cc12. The number of pyridine rings is 1. The number of rotatable bonds is 4.